The first-order valence-electron chi connectivity index (χ1n) is 13.1. The van der Waals surface area contributed by atoms with E-state index in [1.807, 2.05) is 32.0 Å². The Morgan fingerprint density at radius 1 is 1.12 bits per heavy atom. The number of nitrogens with zero attached hydrogens (tertiary/aromatic N) is 3. The summed E-state index contributed by atoms with van der Waals surface area (Å²) in [5, 5.41) is 0.559. The predicted molar refractivity (Wildman–Crippen MR) is 159 cm³/mol. The molecule has 0 saturated carbocycles. The van der Waals surface area contributed by atoms with Crippen LogP contribution in [-0.4, -0.2) is 41.5 Å². The van der Waals surface area contributed by atoms with Crippen molar-refractivity contribution in [1.29, 1.82) is 0 Å². The second-order valence-corrected chi connectivity index (χ2v) is 10.8. The number of benzene rings is 2. The van der Waals surface area contributed by atoms with Crippen molar-refractivity contribution in [2.45, 2.75) is 26.8 Å². The molecule has 1 aliphatic heterocycles. The molecule has 5 rings (SSSR count). The number of likely N-dealkylation sites (N-methyl/N-ethyl adjacent to an activating group) is 1. The van der Waals surface area contributed by atoms with Gasteiger partial charge in [0.2, 0.25) is 0 Å². The number of carbonyl (C=O) groups is 2. The Morgan fingerprint density at radius 2 is 1.85 bits per heavy atom. The Morgan fingerprint density at radius 3 is 2.54 bits per heavy atom. The van der Waals surface area contributed by atoms with Gasteiger partial charge in [0.05, 0.1) is 34.5 Å². The second-order valence-electron chi connectivity index (χ2n) is 9.39. The zero-order chi connectivity index (χ0) is 29.3. The summed E-state index contributed by atoms with van der Waals surface area (Å²) in [7, 11) is 1.33. The van der Waals surface area contributed by atoms with Gasteiger partial charge in [0.25, 0.3) is 11.5 Å². The molecular formula is C31H28ClN3O5S. The fraction of sp³-hybridized carbons (Fsp3) is 0.226. The van der Waals surface area contributed by atoms with E-state index in [0.29, 0.717) is 61.4 Å². The van der Waals surface area contributed by atoms with Gasteiger partial charge in [-0.1, -0.05) is 47.2 Å². The molecule has 1 atom stereocenters. The molecule has 0 aliphatic carbocycles. The van der Waals surface area contributed by atoms with Crippen LogP contribution in [0, 0.1) is 0 Å². The van der Waals surface area contributed by atoms with Gasteiger partial charge in [-0.15, -0.1) is 0 Å². The summed E-state index contributed by atoms with van der Waals surface area (Å²) < 4.78 is 12.8. The molecular weight excluding hydrogens is 562 g/mol. The molecule has 8 nitrogen and oxygen atoms in total. The van der Waals surface area contributed by atoms with Gasteiger partial charge in [-0.3, -0.25) is 14.2 Å². The maximum absolute atomic E-state index is 13.9. The van der Waals surface area contributed by atoms with E-state index in [4.69, 9.17) is 25.7 Å². The number of halogens is 1. The van der Waals surface area contributed by atoms with Gasteiger partial charge in [-0.05, 0) is 62.7 Å². The number of aromatic nitrogens is 1. The van der Waals surface area contributed by atoms with Crippen LogP contribution >= 0.6 is 22.9 Å². The average molecular weight is 590 g/mol. The number of furan rings is 1. The maximum Gasteiger partial charge on any atom is 0.337 e. The van der Waals surface area contributed by atoms with E-state index in [1.165, 1.54) is 18.4 Å². The highest BCUT2D eigenvalue weighted by atomic mass is 35.5. The number of thiazole rings is 1. The molecule has 0 unspecified atom stereocenters. The third-order valence-corrected chi connectivity index (χ3v) is 8.19. The molecule has 1 amide bonds. The maximum atomic E-state index is 13.9. The molecule has 1 aliphatic rings. The summed E-state index contributed by atoms with van der Waals surface area (Å²) in [5.74, 6) is 0.406. The quantitative estimate of drug-likeness (QED) is 0.289. The predicted octanol–water partition coefficient (Wildman–Crippen LogP) is 4.80. The summed E-state index contributed by atoms with van der Waals surface area (Å²) in [6.07, 6.45) is 1.67. The molecule has 0 saturated heterocycles. The van der Waals surface area contributed by atoms with Crippen LogP contribution in [0.1, 0.15) is 48.5 Å². The normalized spacial score (nSPS) is 15.0. The van der Waals surface area contributed by atoms with Gasteiger partial charge in [0.1, 0.15) is 11.5 Å². The van der Waals surface area contributed by atoms with E-state index in [0.717, 1.165) is 5.56 Å². The van der Waals surface area contributed by atoms with E-state index in [1.54, 1.807) is 64.9 Å². The van der Waals surface area contributed by atoms with E-state index in [-0.39, 0.29) is 11.5 Å². The molecule has 3 heterocycles. The van der Waals surface area contributed by atoms with Crippen molar-refractivity contribution in [3.63, 3.8) is 0 Å². The molecule has 0 radical (unpaired) electrons. The Kier molecular flexibility index (Phi) is 8.10. The van der Waals surface area contributed by atoms with Crippen LogP contribution in [0.2, 0.25) is 5.02 Å². The molecule has 0 fully saturated rings. The van der Waals surface area contributed by atoms with Crippen LogP contribution in [0.25, 0.3) is 17.4 Å². The molecule has 41 heavy (non-hydrogen) atoms. The lowest BCUT2D eigenvalue weighted by molar-refractivity contribution is -0.127. The Labute approximate surface area is 245 Å². The molecule has 2 aromatic heterocycles. The summed E-state index contributed by atoms with van der Waals surface area (Å²) >= 11 is 7.40. The first-order valence-corrected chi connectivity index (χ1v) is 14.3. The number of hydrogen-bond acceptors (Lipinski definition) is 7. The third kappa shape index (κ3) is 5.42. The highest BCUT2D eigenvalue weighted by molar-refractivity contribution is 7.07. The molecule has 4 aromatic rings. The van der Waals surface area contributed by atoms with Gasteiger partial charge < -0.3 is 14.1 Å². The Balaban J connectivity index is 1.61. The minimum absolute atomic E-state index is 0.157. The summed E-state index contributed by atoms with van der Waals surface area (Å²) in [5.41, 5.74) is 2.62. The topological polar surface area (TPSA) is 94.1 Å². The number of hydrogen-bond donors (Lipinski definition) is 0. The van der Waals surface area contributed by atoms with Crippen LogP contribution in [0.5, 0.6) is 0 Å². The van der Waals surface area contributed by atoms with Crippen LogP contribution in [0.3, 0.4) is 0 Å². The van der Waals surface area contributed by atoms with Gasteiger partial charge in [-0.2, -0.15) is 0 Å². The van der Waals surface area contributed by atoms with Gasteiger partial charge >= 0.3 is 5.97 Å². The summed E-state index contributed by atoms with van der Waals surface area (Å²) in [6.45, 7) is 6.72. The standard InChI is InChI=1S/C31H28ClN3O5S/c1-5-34(6-2)29(37)26-18(3)33-31-35(27(26)19-10-12-22(32)13-11-19)28(36)25(41-31)17-23-14-15-24(40-23)20-8-7-9-21(16-20)30(38)39-4/h7-17,27H,5-6H2,1-4H3/b25-17+/t27-/m1/s1. The lowest BCUT2D eigenvalue weighted by atomic mass is 9.94. The van der Waals surface area contributed by atoms with Crippen molar-refractivity contribution in [2.24, 2.45) is 4.99 Å². The number of carbonyl (C=O) groups excluding carboxylic acids is 2. The number of amides is 1. The van der Waals surface area contributed by atoms with Crippen molar-refractivity contribution in [2.75, 3.05) is 20.2 Å². The summed E-state index contributed by atoms with van der Waals surface area (Å²) in [6, 6.07) is 17.0. The van der Waals surface area contributed by atoms with Crippen LogP contribution in [0.4, 0.5) is 0 Å². The monoisotopic (exact) mass is 589 g/mol. The lowest BCUT2D eigenvalue weighted by Crippen LogP contribution is -2.43. The van der Waals surface area contributed by atoms with Crippen molar-refractivity contribution in [1.82, 2.24) is 9.47 Å². The fourth-order valence-corrected chi connectivity index (χ4v) is 6.02. The number of esters is 1. The Bertz CT molecular complexity index is 1840. The fourth-order valence-electron chi connectivity index (χ4n) is 4.87. The number of ether oxygens (including phenoxy) is 1. The smallest absolute Gasteiger partial charge is 0.337 e. The number of rotatable bonds is 7. The highest BCUT2D eigenvalue weighted by Crippen LogP contribution is 2.32. The molecule has 0 N–H and O–H groups in total. The van der Waals surface area contributed by atoms with E-state index >= 15 is 0 Å². The zero-order valence-electron chi connectivity index (χ0n) is 23.0. The minimum atomic E-state index is -0.660. The molecule has 210 valence electrons. The van der Waals surface area contributed by atoms with Crippen molar-refractivity contribution < 1.29 is 18.7 Å². The number of fused-ring (bicyclic) bond motifs is 1. The molecule has 0 bridgehead atoms. The average Bonchev–Trinajstić information content (AvgIpc) is 3.57. The first-order chi connectivity index (χ1) is 19.7. The minimum Gasteiger partial charge on any atom is -0.465 e. The van der Waals surface area contributed by atoms with Crippen LogP contribution < -0.4 is 14.9 Å². The van der Waals surface area contributed by atoms with Crippen molar-refractivity contribution in [3.05, 3.63) is 114 Å². The first kappa shape index (κ1) is 28.3. The van der Waals surface area contributed by atoms with E-state index < -0.39 is 12.0 Å². The van der Waals surface area contributed by atoms with Gasteiger partial charge in [0, 0.05) is 29.8 Å². The lowest BCUT2D eigenvalue weighted by Gasteiger charge is -2.29. The largest absolute Gasteiger partial charge is 0.465 e. The zero-order valence-corrected chi connectivity index (χ0v) is 24.6. The highest BCUT2D eigenvalue weighted by Gasteiger charge is 2.34. The van der Waals surface area contributed by atoms with E-state index in [2.05, 4.69) is 0 Å². The van der Waals surface area contributed by atoms with Gasteiger partial charge in [0.15, 0.2) is 4.80 Å². The number of allylic oxidation sites excluding steroid dienone is 1. The van der Waals surface area contributed by atoms with Crippen molar-refractivity contribution in [3.8, 4) is 11.3 Å². The molecule has 10 heteroatoms. The SMILES string of the molecule is CCN(CC)C(=O)C1=C(C)N=c2s/c(=C/c3ccc(-c4cccc(C(=O)OC)c4)o3)c(=O)n2[C@@H]1c1ccc(Cl)cc1. The van der Waals surface area contributed by atoms with Gasteiger partial charge in [-0.25, -0.2) is 9.79 Å². The molecule has 2 aromatic carbocycles. The summed E-state index contributed by atoms with van der Waals surface area (Å²) in [4.78, 5) is 46.4. The Hall–Kier alpha value is -4.21. The third-order valence-electron chi connectivity index (χ3n) is 6.96. The van der Waals surface area contributed by atoms with Crippen LogP contribution in [0.15, 0.2) is 86.1 Å². The second kappa shape index (κ2) is 11.7. The number of methoxy groups -OCH3 is 1. The van der Waals surface area contributed by atoms with Crippen LogP contribution in [-0.2, 0) is 9.53 Å². The van der Waals surface area contributed by atoms with Crippen molar-refractivity contribution >= 4 is 40.9 Å². The van der Waals surface area contributed by atoms with E-state index in [9.17, 15) is 14.4 Å². The molecule has 0 spiro atoms.